The standard InChI is InChI=1S/C6F13NO/c7-1(8,3(11,12)13)5(17,18)20-6(19,21-20)2(9,10)4(14,15)16. The molecule has 1 fully saturated rings. The van der Waals surface area contributed by atoms with Crippen LogP contribution in [0, 0.1) is 0 Å². The fraction of sp³-hybridized carbons (Fsp3) is 1.00. The van der Waals surface area contributed by atoms with E-state index in [0.29, 0.717) is 0 Å². The van der Waals surface area contributed by atoms with Crippen LogP contribution in [-0.2, 0) is 4.84 Å². The Morgan fingerprint density at radius 1 is 0.667 bits per heavy atom. The molecule has 2 atom stereocenters. The summed E-state index contributed by atoms with van der Waals surface area (Å²) < 4.78 is 158. The Bertz CT molecular complexity index is 423. The molecule has 0 aliphatic carbocycles. The third kappa shape index (κ3) is 2.20. The van der Waals surface area contributed by atoms with E-state index in [4.69, 9.17) is 0 Å². The van der Waals surface area contributed by atoms with Crippen molar-refractivity contribution in [1.29, 1.82) is 0 Å². The van der Waals surface area contributed by atoms with Gasteiger partial charge in [-0.15, -0.1) is 0 Å². The zero-order valence-electron chi connectivity index (χ0n) is 8.77. The van der Waals surface area contributed by atoms with Gasteiger partial charge in [0.15, 0.2) is 0 Å². The number of alkyl halides is 13. The second kappa shape index (κ2) is 4.05. The Labute approximate surface area is 105 Å². The Kier molecular flexibility index (Phi) is 3.48. The highest BCUT2D eigenvalue weighted by atomic mass is 19.4. The maximum atomic E-state index is 12.9. The van der Waals surface area contributed by atoms with Gasteiger partial charge in [-0.2, -0.15) is 57.1 Å². The molecule has 1 aliphatic rings. The van der Waals surface area contributed by atoms with E-state index in [-0.39, 0.29) is 0 Å². The molecule has 1 saturated heterocycles. The number of halogens is 13. The van der Waals surface area contributed by atoms with Gasteiger partial charge in [0.1, 0.15) is 0 Å². The van der Waals surface area contributed by atoms with Gasteiger partial charge in [0, 0.05) is 0 Å². The maximum Gasteiger partial charge on any atom is 0.461 e. The second-order valence-electron chi connectivity index (χ2n) is 3.63. The summed E-state index contributed by atoms with van der Waals surface area (Å²) in [7, 11) is 0. The van der Waals surface area contributed by atoms with Crippen LogP contribution >= 0.6 is 0 Å². The van der Waals surface area contributed by atoms with Crippen molar-refractivity contribution >= 4 is 0 Å². The molecule has 0 bridgehead atoms. The zero-order valence-corrected chi connectivity index (χ0v) is 8.77. The van der Waals surface area contributed by atoms with Crippen LogP contribution in [0.4, 0.5) is 57.1 Å². The van der Waals surface area contributed by atoms with Gasteiger partial charge >= 0.3 is 36.2 Å². The van der Waals surface area contributed by atoms with Crippen molar-refractivity contribution in [2.75, 3.05) is 0 Å². The monoisotopic (exact) mass is 349 g/mol. The van der Waals surface area contributed by atoms with Gasteiger partial charge in [-0.1, -0.05) is 0 Å². The molecule has 1 heterocycles. The van der Waals surface area contributed by atoms with Crippen LogP contribution in [-0.4, -0.2) is 41.3 Å². The Morgan fingerprint density at radius 2 is 1.05 bits per heavy atom. The SMILES string of the molecule is FC(F)(F)C(F)(F)C(F)(F)N1OC1(F)C(F)(F)C(F)(F)F. The van der Waals surface area contributed by atoms with Crippen LogP contribution in [0.1, 0.15) is 0 Å². The highest BCUT2D eigenvalue weighted by Crippen LogP contribution is 2.62. The van der Waals surface area contributed by atoms with Crippen LogP contribution in [0.5, 0.6) is 0 Å². The largest absolute Gasteiger partial charge is 0.461 e. The summed E-state index contributed by atoms with van der Waals surface area (Å²) in [6, 6.07) is -6.85. The Morgan fingerprint density at radius 3 is 1.33 bits per heavy atom. The molecule has 2 unspecified atom stereocenters. The van der Waals surface area contributed by atoms with E-state index in [1.165, 1.54) is 0 Å². The minimum absolute atomic E-state index is 2.41. The Balaban J connectivity index is 3.18. The second-order valence-corrected chi connectivity index (χ2v) is 3.63. The number of hydroxylamine groups is 2. The summed E-state index contributed by atoms with van der Waals surface area (Å²) in [5.41, 5.74) is 0. The van der Waals surface area contributed by atoms with Crippen molar-refractivity contribution < 1.29 is 61.9 Å². The lowest BCUT2D eigenvalue weighted by molar-refractivity contribution is -0.395. The molecular weight excluding hydrogens is 349 g/mol. The molecule has 0 saturated carbocycles. The molecule has 0 N–H and O–H groups in total. The molecule has 0 amide bonds. The average molecular weight is 349 g/mol. The van der Waals surface area contributed by atoms with Crippen molar-refractivity contribution in [2.24, 2.45) is 0 Å². The first-order valence-corrected chi connectivity index (χ1v) is 4.29. The average Bonchev–Trinajstić information content (AvgIpc) is 2.89. The van der Waals surface area contributed by atoms with Gasteiger partial charge in [0.25, 0.3) is 0 Å². The fourth-order valence-electron chi connectivity index (χ4n) is 0.996. The molecule has 126 valence electrons. The summed E-state index contributed by atoms with van der Waals surface area (Å²) >= 11 is 0. The number of rotatable bonds is 3. The summed E-state index contributed by atoms with van der Waals surface area (Å²) in [6.45, 7) is 0. The number of nitrogens with zero attached hydrogens (tertiary/aromatic N) is 1. The normalized spacial score (nSPS) is 28.7. The van der Waals surface area contributed by atoms with E-state index in [0.717, 1.165) is 0 Å². The lowest BCUT2D eigenvalue weighted by atomic mass is 10.2. The maximum absolute atomic E-state index is 12.9. The van der Waals surface area contributed by atoms with Gasteiger partial charge in [0.05, 0.1) is 0 Å². The van der Waals surface area contributed by atoms with Gasteiger partial charge < -0.3 is 0 Å². The Hall–Kier alpha value is -0.990. The third-order valence-corrected chi connectivity index (χ3v) is 2.17. The lowest BCUT2D eigenvalue weighted by Crippen LogP contribution is -2.60. The molecule has 0 aromatic carbocycles. The smallest absolute Gasteiger partial charge is 0.225 e. The van der Waals surface area contributed by atoms with Gasteiger partial charge in [0.2, 0.25) is 0 Å². The molecule has 0 radical (unpaired) electrons. The van der Waals surface area contributed by atoms with Crippen molar-refractivity contribution in [3.05, 3.63) is 0 Å². The van der Waals surface area contributed by atoms with Crippen LogP contribution < -0.4 is 0 Å². The van der Waals surface area contributed by atoms with Crippen molar-refractivity contribution in [3.63, 3.8) is 0 Å². The highest BCUT2D eigenvalue weighted by Gasteiger charge is 2.93. The van der Waals surface area contributed by atoms with Crippen LogP contribution in [0.2, 0.25) is 0 Å². The third-order valence-electron chi connectivity index (χ3n) is 2.17. The van der Waals surface area contributed by atoms with Crippen LogP contribution in [0.15, 0.2) is 0 Å². The van der Waals surface area contributed by atoms with Crippen molar-refractivity contribution in [1.82, 2.24) is 5.06 Å². The first kappa shape index (κ1) is 18.1. The van der Waals surface area contributed by atoms with Crippen molar-refractivity contribution in [3.8, 4) is 0 Å². The minimum atomic E-state index is -7.16. The molecule has 1 aliphatic heterocycles. The van der Waals surface area contributed by atoms with E-state index < -0.39 is 41.3 Å². The van der Waals surface area contributed by atoms with Gasteiger partial charge in [-0.3, -0.25) is 0 Å². The number of hydrogen-bond donors (Lipinski definition) is 0. The van der Waals surface area contributed by atoms with Crippen LogP contribution in [0.25, 0.3) is 0 Å². The number of hydrogen-bond acceptors (Lipinski definition) is 2. The van der Waals surface area contributed by atoms with Crippen LogP contribution in [0.3, 0.4) is 0 Å². The molecular formula is C6F13NO. The van der Waals surface area contributed by atoms with E-state index in [9.17, 15) is 57.1 Å². The van der Waals surface area contributed by atoms with Gasteiger partial charge in [-0.25, -0.2) is 4.84 Å². The fourth-order valence-corrected chi connectivity index (χ4v) is 0.996. The minimum Gasteiger partial charge on any atom is -0.225 e. The molecule has 21 heavy (non-hydrogen) atoms. The van der Waals surface area contributed by atoms with Crippen molar-refractivity contribution in [2.45, 2.75) is 36.2 Å². The molecule has 0 spiro atoms. The predicted molar refractivity (Wildman–Crippen MR) is 33.7 cm³/mol. The molecule has 0 aromatic rings. The lowest BCUT2D eigenvalue weighted by Gasteiger charge is -2.28. The van der Waals surface area contributed by atoms with E-state index in [2.05, 4.69) is 4.84 Å². The summed E-state index contributed by atoms with van der Waals surface area (Å²) in [5.74, 6) is -19.8. The van der Waals surface area contributed by atoms with E-state index in [1.807, 2.05) is 0 Å². The quantitative estimate of drug-likeness (QED) is 0.437. The highest BCUT2D eigenvalue weighted by molar-refractivity contribution is 5.03. The van der Waals surface area contributed by atoms with E-state index >= 15 is 0 Å². The predicted octanol–water partition coefficient (Wildman–Crippen LogP) is 3.84. The first-order valence-electron chi connectivity index (χ1n) is 4.29. The molecule has 1 rings (SSSR count). The summed E-state index contributed by atoms with van der Waals surface area (Å²) in [4.78, 5) is 2.41. The first-order chi connectivity index (χ1) is 8.84. The zero-order chi connectivity index (χ0) is 17.3. The summed E-state index contributed by atoms with van der Waals surface area (Å²) in [5, 5.41) is -2.68. The van der Waals surface area contributed by atoms with E-state index in [1.54, 1.807) is 0 Å². The molecule has 15 heteroatoms. The summed E-state index contributed by atoms with van der Waals surface area (Å²) in [6.07, 6.45) is -14.0. The molecule has 2 nitrogen and oxygen atoms in total. The topological polar surface area (TPSA) is 15.5 Å². The molecule has 0 aromatic heterocycles. The van der Waals surface area contributed by atoms with Gasteiger partial charge in [-0.05, 0) is 5.06 Å².